The molecule has 9 heteroatoms. The van der Waals surface area contributed by atoms with Gasteiger partial charge in [0, 0.05) is 49.4 Å². The molecule has 1 N–H and O–H groups in total. The number of halogens is 3. The van der Waals surface area contributed by atoms with Crippen LogP contribution in [0.2, 0.25) is 0 Å². The maximum atomic E-state index is 13.8. The Labute approximate surface area is 173 Å². The van der Waals surface area contributed by atoms with Gasteiger partial charge in [-0.1, -0.05) is 17.4 Å². The third kappa shape index (κ3) is 4.46. The molecule has 3 heterocycles. The fraction of sp³-hybridized carbons (Fsp3) is 0.143. The highest BCUT2D eigenvalue weighted by Gasteiger charge is 2.16. The minimum atomic E-state index is -0.971. The van der Waals surface area contributed by atoms with Crippen LogP contribution in [0.5, 0.6) is 0 Å². The number of nitrogens with zero attached hydrogens (tertiary/aromatic N) is 3. The van der Waals surface area contributed by atoms with Crippen molar-refractivity contribution in [2.45, 2.75) is 19.3 Å². The number of Topliss-reactive ketones (excluding diaryl/α,β-unsaturated/α-hetero) is 1. The zero-order valence-corrected chi connectivity index (χ0v) is 16.3. The Bertz CT molecular complexity index is 1170. The number of ketones is 1. The number of benzene rings is 1. The fourth-order valence-electron chi connectivity index (χ4n) is 2.95. The molecule has 30 heavy (non-hydrogen) atoms. The summed E-state index contributed by atoms with van der Waals surface area (Å²) in [6.07, 6.45) is 3.71. The quantitative estimate of drug-likeness (QED) is 0.431. The molecule has 3 aromatic heterocycles. The topological polar surface area (TPSA) is 71.5 Å². The van der Waals surface area contributed by atoms with E-state index in [2.05, 4.69) is 20.2 Å². The Morgan fingerprint density at radius 2 is 1.87 bits per heavy atom. The summed E-state index contributed by atoms with van der Waals surface area (Å²) in [6.45, 7) is 0. The Morgan fingerprint density at radius 1 is 1.07 bits per heavy atom. The van der Waals surface area contributed by atoms with Crippen LogP contribution in [0.4, 0.5) is 13.2 Å². The van der Waals surface area contributed by atoms with Crippen LogP contribution in [0, 0.1) is 17.5 Å². The average Bonchev–Trinajstić information content (AvgIpc) is 3.39. The van der Waals surface area contributed by atoms with Gasteiger partial charge in [-0.25, -0.2) is 13.2 Å². The van der Waals surface area contributed by atoms with Gasteiger partial charge >= 0.3 is 0 Å². The first-order valence-corrected chi connectivity index (χ1v) is 9.89. The minimum Gasteiger partial charge on any atom is -0.359 e. The molecule has 0 aliphatic carbocycles. The van der Waals surface area contributed by atoms with E-state index in [9.17, 15) is 18.0 Å². The summed E-state index contributed by atoms with van der Waals surface area (Å²) >= 11 is 1.37. The zero-order valence-electron chi connectivity index (χ0n) is 15.5. The molecule has 0 aliphatic rings. The normalized spacial score (nSPS) is 11.0. The predicted octanol–water partition coefficient (Wildman–Crippen LogP) is 4.75. The second-order valence-corrected chi connectivity index (χ2v) is 7.65. The highest BCUT2D eigenvalue weighted by atomic mass is 32.1. The standard InChI is InChI=1S/C21H15F3N4OS/c22-13-9-15(23)14(16(24)10-13)7-12-8-18(26-11-12)19(29)4-5-20-27-28-21(30-20)17-3-1-2-6-25-17/h1-3,6,8-11,26H,4-5,7H2. The van der Waals surface area contributed by atoms with Gasteiger partial charge in [0.1, 0.15) is 28.2 Å². The lowest BCUT2D eigenvalue weighted by Crippen LogP contribution is -2.01. The van der Waals surface area contributed by atoms with E-state index < -0.39 is 17.5 Å². The predicted molar refractivity (Wildman–Crippen MR) is 106 cm³/mol. The Kier molecular flexibility index (Phi) is 5.71. The number of nitrogens with one attached hydrogen (secondary N) is 1. The molecule has 152 valence electrons. The highest BCUT2D eigenvalue weighted by Crippen LogP contribution is 2.23. The first kappa shape index (κ1) is 20.0. The molecule has 0 unspecified atom stereocenters. The number of hydrogen-bond acceptors (Lipinski definition) is 5. The minimum absolute atomic E-state index is 0.0917. The molecule has 0 aliphatic heterocycles. The second-order valence-electron chi connectivity index (χ2n) is 6.59. The molecule has 0 atom stereocenters. The number of H-pyrrole nitrogens is 1. The lowest BCUT2D eigenvalue weighted by molar-refractivity contribution is 0.0978. The summed E-state index contributed by atoms with van der Waals surface area (Å²) in [5.74, 6) is -3.04. The Hall–Kier alpha value is -3.33. The van der Waals surface area contributed by atoms with Crippen molar-refractivity contribution in [3.63, 3.8) is 0 Å². The molecular formula is C21H15F3N4OS. The van der Waals surface area contributed by atoms with Crippen molar-refractivity contribution in [2.24, 2.45) is 0 Å². The smallest absolute Gasteiger partial charge is 0.179 e. The molecule has 1 aromatic carbocycles. The van der Waals surface area contributed by atoms with Crippen molar-refractivity contribution in [2.75, 3.05) is 0 Å². The van der Waals surface area contributed by atoms with Gasteiger partial charge < -0.3 is 4.98 Å². The third-order valence-corrected chi connectivity index (χ3v) is 5.45. The summed E-state index contributed by atoms with van der Waals surface area (Å²) < 4.78 is 40.7. The van der Waals surface area contributed by atoms with E-state index in [1.807, 2.05) is 18.2 Å². The molecule has 0 radical (unpaired) electrons. The van der Waals surface area contributed by atoms with Gasteiger partial charge in [0.2, 0.25) is 0 Å². The number of rotatable bonds is 7. The Morgan fingerprint density at radius 3 is 2.60 bits per heavy atom. The van der Waals surface area contributed by atoms with E-state index in [-0.39, 0.29) is 24.2 Å². The van der Waals surface area contributed by atoms with Gasteiger partial charge in [-0.15, -0.1) is 10.2 Å². The number of carbonyl (C=O) groups is 1. The molecule has 0 bridgehead atoms. The number of aromatic nitrogens is 4. The summed E-state index contributed by atoms with van der Waals surface area (Å²) in [4.78, 5) is 19.5. The van der Waals surface area contributed by atoms with Crippen molar-refractivity contribution in [3.8, 4) is 10.7 Å². The van der Waals surface area contributed by atoms with Gasteiger partial charge in [-0.05, 0) is 23.8 Å². The van der Waals surface area contributed by atoms with Crippen molar-refractivity contribution in [1.82, 2.24) is 20.2 Å². The molecule has 4 aromatic rings. The maximum Gasteiger partial charge on any atom is 0.179 e. The fourth-order valence-corrected chi connectivity index (χ4v) is 3.77. The molecule has 0 fully saturated rings. The molecule has 0 spiro atoms. The lowest BCUT2D eigenvalue weighted by atomic mass is 10.1. The van der Waals surface area contributed by atoms with E-state index in [1.54, 1.807) is 12.3 Å². The van der Waals surface area contributed by atoms with Crippen molar-refractivity contribution in [1.29, 1.82) is 0 Å². The van der Waals surface area contributed by atoms with Crippen molar-refractivity contribution < 1.29 is 18.0 Å². The van der Waals surface area contributed by atoms with Crippen LogP contribution in [-0.2, 0) is 12.8 Å². The summed E-state index contributed by atoms with van der Waals surface area (Å²) in [7, 11) is 0. The second kappa shape index (κ2) is 8.58. The van der Waals surface area contributed by atoms with Crippen LogP contribution < -0.4 is 0 Å². The molecule has 0 saturated carbocycles. The van der Waals surface area contributed by atoms with Gasteiger partial charge in [-0.3, -0.25) is 9.78 Å². The van der Waals surface area contributed by atoms with Crippen LogP contribution in [0.3, 0.4) is 0 Å². The SMILES string of the molecule is O=C(CCc1nnc(-c2ccccn2)s1)c1cc(Cc2c(F)cc(F)cc2F)c[nH]1. The van der Waals surface area contributed by atoms with Crippen LogP contribution >= 0.6 is 11.3 Å². The van der Waals surface area contributed by atoms with Crippen molar-refractivity contribution in [3.05, 3.63) is 88.1 Å². The van der Waals surface area contributed by atoms with Crippen LogP contribution in [-0.4, -0.2) is 25.9 Å². The van der Waals surface area contributed by atoms with Gasteiger partial charge in [0.25, 0.3) is 0 Å². The molecular weight excluding hydrogens is 413 g/mol. The van der Waals surface area contributed by atoms with E-state index in [1.165, 1.54) is 17.5 Å². The third-order valence-electron chi connectivity index (χ3n) is 4.45. The first-order chi connectivity index (χ1) is 14.5. The largest absolute Gasteiger partial charge is 0.359 e. The Balaban J connectivity index is 1.39. The molecule has 5 nitrogen and oxygen atoms in total. The summed E-state index contributed by atoms with van der Waals surface area (Å²) in [5, 5.41) is 9.60. The number of aryl methyl sites for hydroxylation is 1. The maximum absolute atomic E-state index is 13.8. The number of carbonyl (C=O) groups excluding carboxylic acids is 1. The molecule has 4 rings (SSSR count). The van der Waals surface area contributed by atoms with Crippen LogP contribution in [0.25, 0.3) is 10.7 Å². The van der Waals surface area contributed by atoms with Gasteiger partial charge in [0.05, 0.1) is 5.69 Å². The summed E-state index contributed by atoms with van der Waals surface area (Å²) in [6, 6.07) is 8.33. The van der Waals surface area contributed by atoms with E-state index in [0.717, 1.165) is 5.69 Å². The molecule has 0 saturated heterocycles. The number of pyridine rings is 1. The van der Waals surface area contributed by atoms with Crippen LogP contribution in [0.1, 0.15) is 33.0 Å². The van der Waals surface area contributed by atoms with Crippen molar-refractivity contribution >= 4 is 17.1 Å². The number of hydrogen-bond donors (Lipinski definition) is 1. The molecule has 0 amide bonds. The van der Waals surface area contributed by atoms with E-state index in [0.29, 0.717) is 39.8 Å². The van der Waals surface area contributed by atoms with E-state index in [4.69, 9.17) is 0 Å². The van der Waals surface area contributed by atoms with Gasteiger partial charge in [-0.2, -0.15) is 0 Å². The zero-order chi connectivity index (χ0) is 21.1. The van der Waals surface area contributed by atoms with Gasteiger partial charge in [0.15, 0.2) is 10.8 Å². The number of aromatic amines is 1. The average molecular weight is 428 g/mol. The van der Waals surface area contributed by atoms with E-state index >= 15 is 0 Å². The summed E-state index contributed by atoms with van der Waals surface area (Å²) in [5.41, 5.74) is 1.34. The highest BCUT2D eigenvalue weighted by molar-refractivity contribution is 7.14. The first-order valence-electron chi connectivity index (χ1n) is 9.07. The monoisotopic (exact) mass is 428 g/mol. The lowest BCUT2D eigenvalue weighted by Gasteiger charge is -2.03. The van der Waals surface area contributed by atoms with Crippen LogP contribution in [0.15, 0.2) is 48.8 Å².